The van der Waals surface area contributed by atoms with Gasteiger partial charge in [-0.1, -0.05) is 19.9 Å². The largest absolute Gasteiger partial charge is 0.496 e. The molecule has 18 heavy (non-hydrogen) atoms. The van der Waals surface area contributed by atoms with Gasteiger partial charge in [0.1, 0.15) is 5.75 Å². The molecule has 0 fully saturated rings. The van der Waals surface area contributed by atoms with Gasteiger partial charge in [-0.15, -0.1) is 0 Å². The maximum atomic E-state index is 5.26. The highest BCUT2D eigenvalue weighted by molar-refractivity contribution is 9.10. The number of rotatable bonds is 6. The molecule has 0 spiro atoms. The Labute approximate surface area is 119 Å². The van der Waals surface area contributed by atoms with Crippen LogP contribution in [0.15, 0.2) is 22.7 Å². The first kappa shape index (κ1) is 15.5. The van der Waals surface area contributed by atoms with Crippen molar-refractivity contribution in [1.82, 2.24) is 5.32 Å². The predicted molar refractivity (Wildman–Crippen MR) is 81.3 cm³/mol. The summed E-state index contributed by atoms with van der Waals surface area (Å²) in [6, 6.07) is 6.87. The summed E-state index contributed by atoms with van der Waals surface area (Å²) in [6.07, 6.45) is 2.23. The van der Waals surface area contributed by atoms with Crippen LogP contribution in [-0.2, 0) is 6.42 Å². The monoisotopic (exact) mass is 313 g/mol. The van der Waals surface area contributed by atoms with E-state index < -0.39 is 0 Å². The summed E-state index contributed by atoms with van der Waals surface area (Å²) >= 11 is 3.54. The molecule has 0 aliphatic carbocycles. The molecular formula is C15H24BrNO. The smallest absolute Gasteiger partial charge is 0.133 e. The molecule has 3 heteroatoms. The summed E-state index contributed by atoms with van der Waals surface area (Å²) in [4.78, 5) is 0. The van der Waals surface area contributed by atoms with Gasteiger partial charge >= 0.3 is 0 Å². The lowest BCUT2D eigenvalue weighted by atomic mass is 9.80. The van der Waals surface area contributed by atoms with Gasteiger partial charge in [-0.05, 0) is 65.9 Å². The molecule has 0 saturated carbocycles. The molecule has 1 aromatic carbocycles. The van der Waals surface area contributed by atoms with E-state index in [9.17, 15) is 0 Å². The summed E-state index contributed by atoms with van der Waals surface area (Å²) in [5.41, 5.74) is 1.63. The highest BCUT2D eigenvalue weighted by atomic mass is 79.9. The number of halogens is 1. The number of hydrogen-bond donors (Lipinski definition) is 1. The van der Waals surface area contributed by atoms with Gasteiger partial charge < -0.3 is 10.1 Å². The van der Waals surface area contributed by atoms with Crippen LogP contribution in [0.5, 0.6) is 5.75 Å². The van der Waals surface area contributed by atoms with E-state index in [0.29, 0.717) is 6.04 Å². The Balaban J connectivity index is 2.74. The topological polar surface area (TPSA) is 21.3 Å². The highest BCUT2D eigenvalue weighted by Crippen LogP contribution is 2.31. The fourth-order valence-electron chi connectivity index (χ4n) is 2.38. The second kappa shape index (κ2) is 6.58. The van der Waals surface area contributed by atoms with Gasteiger partial charge in [-0.3, -0.25) is 0 Å². The summed E-state index contributed by atoms with van der Waals surface area (Å²) in [5, 5.41) is 3.31. The van der Waals surface area contributed by atoms with Crippen molar-refractivity contribution in [1.29, 1.82) is 0 Å². The Morgan fingerprint density at radius 3 is 2.56 bits per heavy atom. The normalized spacial score (nSPS) is 13.4. The third-order valence-corrected chi connectivity index (χ3v) is 3.87. The lowest BCUT2D eigenvalue weighted by Gasteiger charge is -2.28. The molecule has 1 atom stereocenters. The maximum Gasteiger partial charge on any atom is 0.133 e. The molecule has 0 saturated heterocycles. The van der Waals surface area contributed by atoms with Gasteiger partial charge in [0, 0.05) is 6.04 Å². The van der Waals surface area contributed by atoms with Crippen molar-refractivity contribution >= 4 is 15.9 Å². The van der Waals surface area contributed by atoms with Crippen LogP contribution in [0.3, 0.4) is 0 Å². The van der Waals surface area contributed by atoms with E-state index in [1.165, 1.54) is 5.56 Å². The molecule has 0 bridgehead atoms. The maximum absolute atomic E-state index is 5.26. The van der Waals surface area contributed by atoms with Gasteiger partial charge in [-0.2, -0.15) is 0 Å². The van der Waals surface area contributed by atoms with Crippen molar-refractivity contribution in [3.63, 3.8) is 0 Å². The predicted octanol–water partition coefficient (Wildman–Crippen LogP) is 4.02. The molecule has 1 N–H and O–H groups in total. The Hall–Kier alpha value is -0.540. The minimum Gasteiger partial charge on any atom is -0.496 e. The van der Waals surface area contributed by atoms with E-state index in [0.717, 1.165) is 23.1 Å². The van der Waals surface area contributed by atoms with Crippen molar-refractivity contribution < 1.29 is 4.74 Å². The molecule has 0 aromatic heterocycles. The summed E-state index contributed by atoms with van der Waals surface area (Å²) in [6.45, 7) is 6.86. The molecule has 0 heterocycles. The lowest BCUT2D eigenvalue weighted by molar-refractivity contribution is 0.293. The third kappa shape index (κ3) is 4.62. The summed E-state index contributed by atoms with van der Waals surface area (Å²) < 4.78 is 6.28. The second-order valence-electron chi connectivity index (χ2n) is 5.70. The zero-order valence-corrected chi connectivity index (χ0v) is 13.6. The fraction of sp³-hybridized carbons (Fsp3) is 0.600. The molecule has 1 unspecified atom stereocenters. The van der Waals surface area contributed by atoms with Crippen molar-refractivity contribution in [3.05, 3.63) is 28.2 Å². The molecular weight excluding hydrogens is 290 g/mol. The molecule has 1 aromatic rings. The number of ether oxygens (including phenoxy) is 1. The minimum absolute atomic E-state index is 0.288. The van der Waals surface area contributed by atoms with Crippen LogP contribution in [0.2, 0.25) is 0 Å². The van der Waals surface area contributed by atoms with Crippen LogP contribution in [0.25, 0.3) is 0 Å². The van der Waals surface area contributed by atoms with E-state index in [1.807, 2.05) is 13.1 Å². The van der Waals surface area contributed by atoms with E-state index in [1.54, 1.807) is 7.11 Å². The SMILES string of the molecule is CNC(C)CC(C)(C)Cc1ccc(OC)c(Br)c1. The van der Waals surface area contributed by atoms with Gasteiger partial charge in [0.2, 0.25) is 0 Å². The lowest BCUT2D eigenvalue weighted by Crippen LogP contribution is -2.29. The minimum atomic E-state index is 0.288. The van der Waals surface area contributed by atoms with Crippen LogP contribution in [-0.4, -0.2) is 20.2 Å². The second-order valence-corrected chi connectivity index (χ2v) is 6.56. The summed E-state index contributed by atoms with van der Waals surface area (Å²) in [5.74, 6) is 0.889. The number of methoxy groups -OCH3 is 1. The van der Waals surface area contributed by atoms with Gasteiger partial charge in [0.15, 0.2) is 0 Å². The van der Waals surface area contributed by atoms with Crippen LogP contribution in [0.4, 0.5) is 0 Å². The van der Waals surface area contributed by atoms with Crippen molar-refractivity contribution in [2.45, 2.75) is 39.7 Å². The number of hydrogen-bond acceptors (Lipinski definition) is 2. The zero-order valence-electron chi connectivity index (χ0n) is 12.0. The fourth-order valence-corrected chi connectivity index (χ4v) is 2.96. The molecule has 0 aliphatic rings. The third-order valence-electron chi connectivity index (χ3n) is 3.25. The molecule has 0 amide bonds. The Bertz CT molecular complexity index is 390. The van der Waals surface area contributed by atoms with Gasteiger partial charge in [-0.25, -0.2) is 0 Å². The Morgan fingerprint density at radius 1 is 1.39 bits per heavy atom. The van der Waals surface area contributed by atoms with E-state index in [4.69, 9.17) is 4.74 Å². The quantitative estimate of drug-likeness (QED) is 0.856. The standard InChI is InChI=1S/C15H24BrNO/c1-11(17-4)9-15(2,3)10-12-6-7-14(18-5)13(16)8-12/h6-8,11,17H,9-10H2,1-5H3. The molecule has 0 radical (unpaired) electrons. The first-order valence-corrected chi connectivity index (χ1v) is 7.17. The van der Waals surface area contributed by atoms with E-state index in [2.05, 4.69) is 54.2 Å². The first-order chi connectivity index (χ1) is 8.38. The molecule has 2 nitrogen and oxygen atoms in total. The van der Waals surface area contributed by atoms with Crippen molar-refractivity contribution in [3.8, 4) is 5.75 Å². The van der Waals surface area contributed by atoms with Crippen LogP contribution >= 0.6 is 15.9 Å². The Morgan fingerprint density at radius 2 is 2.06 bits per heavy atom. The van der Waals surface area contributed by atoms with Crippen LogP contribution < -0.4 is 10.1 Å². The van der Waals surface area contributed by atoms with E-state index in [-0.39, 0.29) is 5.41 Å². The first-order valence-electron chi connectivity index (χ1n) is 6.37. The average Bonchev–Trinajstić information content (AvgIpc) is 2.27. The highest BCUT2D eigenvalue weighted by Gasteiger charge is 2.21. The van der Waals surface area contributed by atoms with Gasteiger partial charge in [0.25, 0.3) is 0 Å². The molecule has 1 rings (SSSR count). The van der Waals surface area contributed by atoms with Crippen molar-refractivity contribution in [2.75, 3.05) is 14.2 Å². The summed E-state index contributed by atoms with van der Waals surface area (Å²) in [7, 11) is 3.71. The number of benzene rings is 1. The molecule has 0 aliphatic heterocycles. The van der Waals surface area contributed by atoms with Crippen LogP contribution in [0, 0.1) is 5.41 Å². The average molecular weight is 314 g/mol. The van der Waals surface area contributed by atoms with Crippen LogP contribution in [0.1, 0.15) is 32.8 Å². The molecule has 102 valence electrons. The zero-order chi connectivity index (χ0) is 13.8. The number of nitrogens with one attached hydrogen (secondary N) is 1. The Kier molecular flexibility index (Phi) is 5.67. The van der Waals surface area contributed by atoms with Gasteiger partial charge in [0.05, 0.1) is 11.6 Å². The van der Waals surface area contributed by atoms with Crippen molar-refractivity contribution in [2.24, 2.45) is 5.41 Å². The van der Waals surface area contributed by atoms with E-state index >= 15 is 0 Å².